The molecule has 1 fully saturated rings. The summed E-state index contributed by atoms with van der Waals surface area (Å²) in [4.78, 5) is 7.06. The van der Waals surface area contributed by atoms with Crippen molar-refractivity contribution >= 4 is 28.6 Å². The maximum Gasteiger partial charge on any atom is 0.206 e. The van der Waals surface area contributed by atoms with Gasteiger partial charge in [0.05, 0.1) is 11.0 Å². The summed E-state index contributed by atoms with van der Waals surface area (Å²) >= 11 is 6.19. The number of piperazine rings is 1. The third-order valence-corrected chi connectivity index (χ3v) is 4.01. The van der Waals surface area contributed by atoms with E-state index in [0.29, 0.717) is 0 Å². The Morgan fingerprint density at radius 2 is 2.00 bits per heavy atom. The zero-order valence-electron chi connectivity index (χ0n) is 10.7. The third kappa shape index (κ3) is 1.76. The van der Waals surface area contributed by atoms with E-state index < -0.39 is 0 Å². The number of halogens is 1. The first-order valence-electron chi connectivity index (χ1n) is 6.25. The molecule has 0 saturated carbocycles. The number of aromatic nitrogens is 2. The van der Waals surface area contributed by atoms with Gasteiger partial charge >= 0.3 is 0 Å². The van der Waals surface area contributed by atoms with Crippen LogP contribution in [0.4, 0.5) is 5.95 Å². The lowest BCUT2D eigenvalue weighted by Crippen LogP contribution is -2.44. The summed E-state index contributed by atoms with van der Waals surface area (Å²) in [6.07, 6.45) is 0. The molecule has 3 rings (SSSR count). The molecule has 0 atom stereocenters. The Morgan fingerprint density at radius 1 is 1.28 bits per heavy atom. The fourth-order valence-corrected chi connectivity index (χ4v) is 2.76. The van der Waals surface area contributed by atoms with E-state index in [0.717, 1.165) is 53.7 Å². The van der Waals surface area contributed by atoms with Gasteiger partial charge < -0.3 is 14.8 Å². The molecule has 4 nitrogen and oxygen atoms in total. The molecule has 1 aliphatic heterocycles. The van der Waals surface area contributed by atoms with Crippen LogP contribution in [0, 0.1) is 6.92 Å². The molecule has 1 aromatic heterocycles. The topological polar surface area (TPSA) is 33.1 Å². The van der Waals surface area contributed by atoms with E-state index in [-0.39, 0.29) is 0 Å². The van der Waals surface area contributed by atoms with Gasteiger partial charge in [0.15, 0.2) is 0 Å². The van der Waals surface area contributed by atoms with Gasteiger partial charge in [0.2, 0.25) is 5.95 Å². The van der Waals surface area contributed by atoms with E-state index in [9.17, 15) is 0 Å². The number of benzene rings is 1. The predicted octanol–water partition coefficient (Wildman–Crippen LogP) is 1.94. The van der Waals surface area contributed by atoms with Crippen molar-refractivity contribution in [3.8, 4) is 0 Å². The van der Waals surface area contributed by atoms with E-state index in [1.165, 1.54) is 0 Å². The van der Waals surface area contributed by atoms with Crippen LogP contribution in [0.15, 0.2) is 12.1 Å². The molecule has 2 heterocycles. The van der Waals surface area contributed by atoms with Crippen molar-refractivity contribution in [2.24, 2.45) is 7.05 Å². The number of imidazole rings is 1. The molecule has 0 unspecified atom stereocenters. The highest BCUT2D eigenvalue weighted by Gasteiger charge is 2.18. The molecule has 1 saturated heterocycles. The largest absolute Gasteiger partial charge is 0.340 e. The van der Waals surface area contributed by atoms with Crippen LogP contribution in [0.3, 0.4) is 0 Å². The summed E-state index contributed by atoms with van der Waals surface area (Å²) in [5.41, 5.74) is 3.26. The molecule has 1 aromatic carbocycles. The molecule has 2 aromatic rings. The second kappa shape index (κ2) is 4.44. The molecule has 1 aliphatic rings. The van der Waals surface area contributed by atoms with Gasteiger partial charge in [-0.1, -0.05) is 11.6 Å². The maximum absolute atomic E-state index is 6.19. The van der Waals surface area contributed by atoms with E-state index >= 15 is 0 Å². The quantitative estimate of drug-likeness (QED) is 0.855. The number of hydrogen-bond donors (Lipinski definition) is 1. The summed E-state index contributed by atoms with van der Waals surface area (Å²) in [7, 11) is 2.07. The lowest BCUT2D eigenvalue weighted by Gasteiger charge is -2.28. The minimum atomic E-state index is 0.803. The lowest BCUT2D eigenvalue weighted by molar-refractivity contribution is 0.575. The van der Waals surface area contributed by atoms with Crippen LogP contribution >= 0.6 is 11.6 Å². The smallest absolute Gasteiger partial charge is 0.206 e. The molecule has 0 spiro atoms. The normalized spacial score (nSPS) is 16.5. The predicted molar refractivity (Wildman–Crippen MR) is 75.5 cm³/mol. The van der Waals surface area contributed by atoms with Crippen molar-refractivity contribution < 1.29 is 0 Å². The average molecular weight is 265 g/mol. The Labute approximate surface area is 112 Å². The molecule has 0 bridgehead atoms. The fourth-order valence-electron chi connectivity index (χ4n) is 2.61. The molecular weight excluding hydrogens is 248 g/mol. The highest BCUT2D eigenvalue weighted by Crippen LogP contribution is 2.28. The average Bonchev–Trinajstić information content (AvgIpc) is 2.73. The van der Waals surface area contributed by atoms with Crippen LogP contribution < -0.4 is 10.2 Å². The lowest BCUT2D eigenvalue weighted by atomic mass is 10.2. The molecule has 18 heavy (non-hydrogen) atoms. The van der Waals surface area contributed by atoms with Crippen molar-refractivity contribution in [2.75, 3.05) is 31.1 Å². The minimum Gasteiger partial charge on any atom is -0.340 e. The Morgan fingerprint density at radius 3 is 2.72 bits per heavy atom. The first-order valence-corrected chi connectivity index (χ1v) is 6.63. The van der Waals surface area contributed by atoms with Gasteiger partial charge in [-0.05, 0) is 24.6 Å². The van der Waals surface area contributed by atoms with Crippen molar-refractivity contribution in [3.63, 3.8) is 0 Å². The highest BCUT2D eigenvalue weighted by atomic mass is 35.5. The number of nitrogens with one attached hydrogen (secondary N) is 1. The standard InChI is InChI=1S/C13H17ClN4/c1-9-10(14)3-4-11-12(9)17(2)13(16-11)18-7-5-15-6-8-18/h3-4,15H,5-8H2,1-2H3. The van der Waals surface area contributed by atoms with E-state index in [4.69, 9.17) is 16.6 Å². The summed E-state index contributed by atoms with van der Waals surface area (Å²) < 4.78 is 2.15. The Balaban J connectivity index is 2.13. The van der Waals surface area contributed by atoms with Crippen molar-refractivity contribution in [1.29, 1.82) is 0 Å². The molecule has 96 valence electrons. The number of fused-ring (bicyclic) bond motifs is 1. The zero-order chi connectivity index (χ0) is 12.7. The Bertz CT molecular complexity index is 584. The molecular formula is C13H17ClN4. The molecule has 0 amide bonds. The summed E-state index contributed by atoms with van der Waals surface area (Å²) in [5, 5.41) is 4.16. The number of hydrogen-bond acceptors (Lipinski definition) is 3. The minimum absolute atomic E-state index is 0.803. The van der Waals surface area contributed by atoms with Gasteiger partial charge in [0, 0.05) is 38.2 Å². The summed E-state index contributed by atoms with van der Waals surface area (Å²) in [6.45, 7) is 6.09. The van der Waals surface area contributed by atoms with Crippen LogP contribution in [-0.4, -0.2) is 35.7 Å². The molecule has 1 N–H and O–H groups in total. The third-order valence-electron chi connectivity index (χ3n) is 3.60. The van der Waals surface area contributed by atoms with Crippen LogP contribution in [0.2, 0.25) is 5.02 Å². The number of rotatable bonds is 1. The van der Waals surface area contributed by atoms with E-state index in [2.05, 4.69) is 21.8 Å². The van der Waals surface area contributed by atoms with Crippen molar-refractivity contribution in [1.82, 2.24) is 14.9 Å². The zero-order valence-corrected chi connectivity index (χ0v) is 11.5. The molecule has 0 aliphatic carbocycles. The van der Waals surface area contributed by atoms with Crippen LogP contribution in [0.1, 0.15) is 5.56 Å². The fraction of sp³-hybridized carbons (Fsp3) is 0.462. The van der Waals surface area contributed by atoms with Gasteiger partial charge in [0.25, 0.3) is 0 Å². The summed E-state index contributed by atoms with van der Waals surface area (Å²) in [5.74, 6) is 1.04. The molecule has 0 radical (unpaired) electrons. The van der Waals surface area contributed by atoms with Crippen molar-refractivity contribution in [2.45, 2.75) is 6.92 Å². The number of nitrogens with zero attached hydrogens (tertiary/aromatic N) is 3. The first-order chi connectivity index (χ1) is 8.68. The van der Waals surface area contributed by atoms with Gasteiger partial charge in [0.1, 0.15) is 0 Å². The second-order valence-electron chi connectivity index (χ2n) is 4.75. The Kier molecular flexibility index (Phi) is 2.92. The van der Waals surface area contributed by atoms with Crippen LogP contribution in [-0.2, 0) is 7.05 Å². The number of aryl methyl sites for hydroxylation is 2. The maximum atomic E-state index is 6.19. The SMILES string of the molecule is Cc1c(Cl)ccc2nc(N3CCNCC3)n(C)c12. The van der Waals surface area contributed by atoms with Gasteiger partial charge in [-0.3, -0.25) is 0 Å². The second-order valence-corrected chi connectivity index (χ2v) is 5.16. The van der Waals surface area contributed by atoms with Gasteiger partial charge in [-0.25, -0.2) is 4.98 Å². The van der Waals surface area contributed by atoms with Gasteiger partial charge in [-0.15, -0.1) is 0 Å². The highest BCUT2D eigenvalue weighted by molar-refractivity contribution is 6.32. The van der Waals surface area contributed by atoms with Crippen LogP contribution in [0.25, 0.3) is 11.0 Å². The van der Waals surface area contributed by atoms with E-state index in [1.807, 2.05) is 19.1 Å². The Hall–Kier alpha value is -1.26. The molecule has 5 heteroatoms. The summed E-state index contributed by atoms with van der Waals surface area (Å²) in [6, 6.07) is 3.92. The monoisotopic (exact) mass is 264 g/mol. The van der Waals surface area contributed by atoms with Crippen LogP contribution in [0.5, 0.6) is 0 Å². The van der Waals surface area contributed by atoms with Gasteiger partial charge in [-0.2, -0.15) is 0 Å². The van der Waals surface area contributed by atoms with E-state index in [1.54, 1.807) is 0 Å². The number of anilines is 1. The van der Waals surface area contributed by atoms with Crippen molar-refractivity contribution in [3.05, 3.63) is 22.7 Å². The first kappa shape index (κ1) is 11.8.